The molecule has 0 spiro atoms. The zero-order valence-corrected chi connectivity index (χ0v) is 17.1. The Morgan fingerprint density at radius 1 is 1.07 bits per heavy atom. The van der Waals surface area contributed by atoms with Crippen molar-refractivity contribution in [2.24, 2.45) is 0 Å². The summed E-state index contributed by atoms with van der Waals surface area (Å²) in [6.45, 7) is 5.35. The maximum absolute atomic E-state index is 13.1. The molecule has 30 heavy (non-hydrogen) atoms. The number of halogens is 3. The average molecular weight is 415 g/mol. The Balaban J connectivity index is 2.03. The maximum atomic E-state index is 13.1. The maximum Gasteiger partial charge on any atom is 0.416 e. The third-order valence-corrected chi connectivity index (χ3v) is 5.86. The minimum Gasteiger partial charge on any atom is -0.437 e. The third kappa shape index (κ3) is 4.54. The van der Waals surface area contributed by atoms with Gasteiger partial charge >= 0.3 is 13.2 Å². The number of nitriles is 1. The first-order chi connectivity index (χ1) is 14.2. The summed E-state index contributed by atoms with van der Waals surface area (Å²) < 4.78 is 39.2. The Hall–Kier alpha value is -2.34. The predicted molar refractivity (Wildman–Crippen MR) is 110 cm³/mol. The lowest BCUT2D eigenvalue weighted by molar-refractivity contribution is -0.137. The van der Waals surface area contributed by atoms with Crippen molar-refractivity contribution >= 4 is 7.05 Å². The molecule has 0 aromatic heterocycles. The highest BCUT2D eigenvalue weighted by molar-refractivity contribution is 6.45. The summed E-state index contributed by atoms with van der Waals surface area (Å²) in [4.78, 5) is 3.99. The van der Waals surface area contributed by atoms with Crippen molar-refractivity contribution in [3.05, 3.63) is 71.3 Å². The van der Waals surface area contributed by atoms with Crippen LogP contribution in [0.3, 0.4) is 0 Å². The van der Waals surface area contributed by atoms with E-state index in [0.717, 1.165) is 17.7 Å². The molecule has 1 aliphatic rings. The van der Waals surface area contributed by atoms with Crippen molar-refractivity contribution in [2.45, 2.75) is 37.9 Å². The van der Waals surface area contributed by atoms with Crippen LogP contribution < -0.4 is 0 Å². The second-order valence-electron chi connectivity index (χ2n) is 7.88. The van der Waals surface area contributed by atoms with Crippen LogP contribution >= 0.6 is 0 Å². The Morgan fingerprint density at radius 3 is 2.17 bits per heavy atom. The van der Waals surface area contributed by atoms with Crippen molar-refractivity contribution in [3.63, 3.8) is 0 Å². The molecule has 2 aromatic carbocycles. The van der Waals surface area contributed by atoms with Crippen LogP contribution in [0.25, 0.3) is 0 Å². The van der Waals surface area contributed by atoms with Crippen LogP contribution in [0.15, 0.2) is 54.6 Å². The smallest absolute Gasteiger partial charge is 0.416 e. The lowest BCUT2D eigenvalue weighted by atomic mass is 9.79. The summed E-state index contributed by atoms with van der Waals surface area (Å²) in [6, 6.07) is 16.8. The molecule has 0 aliphatic carbocycles. The minimum atomic E-state index is -4.43. The largest absolute Gasteiger partial charge is 0.437 e. The molecule has 1 aliphatic heterocycles. The van der Waals surface area contributed by atoms with E-state index >= 15 is 0 Å². The van der Waals surface area contributed by atoms with Gasteiger partial charge in [0.15, 0.2) is 0 Å². The van der Waals surface area contributed by atoms with Gasteiger partial charge in [0.2, 0.25) is 0 Å². The lowest BCUT2D eigenvalue weighted by Gasteiger charge is -2.48. The average Bonchev–Trinajstić information content (AvgIpc) is 2.72. The van der Waals surface area contributed by atoms with Gasteiger partial charge in [0.25, 0.3) is 0 Å². The zero-order valence-electron chi connectivity index (χ0n) is 17.1. The van der Waals surface area contributed by atoms with Crippen LogP contribution in [0.1, 0.15) is 23.6 Å². The van der Waals surface area contributed by atoms with Crippen molar-refractivity contribution in [1.29, 1.82) is 5.26 Å². The van der Waals surface area contributed by atoms with Crippen LogP contribution in [0.5, 0.6) is 0 Å². The molecule has 0 saturated carbocycles. The summed E-state index contributed by atoms with van der Waals surface area (Å²) in [5.74, 6) is 0. The van der Waals surface area contributed by atoms with E-state index in [2.05, 4.69) is 11.0 Å². The van der Waals surface area contributed by atoms with Crippen molar-refractivity contribution < 1.29 is 18.2 Å². The van der Waals surface area contributed by atoms with Gasteiger partial charge in [-0.2, -0.15) is 18.4 Å². The topological polar surface area (TPSA) is 50.5 Å². The van der Waals surface area contributed by atoms with E-state index in [1.807, 2.05) is 42.1 Å². The van der Waals surface area contributed by atoms with E-state index in [4.69, 9.17) is 0 Å². The van der Waals surface area contributed by atoms with Crippen LogP contribution in [0.4, 0.5) is 13.2 Å². The first kappa shape index (κ1) is 22.4. The van der Waals surface area contributed by atoms with E-state index in [1.54, 1.807) is 6.82 Å². The molecule has 1 N–H and O–H groups in total. The molecule has 158 valence electrons. The van der Waals surface area contributed by atoms with Gasteiger partial charge < -0.3 is 9.83 Å². The fraction of sp³-hybridized carbons (Fsp3) is 0.409. The Morgan fingerprint density at radius 2 is 1.67 bits per heavy atom. The molecule has 2 aromatic rings. The fourth-order valence-electron chi connectivity index (χ4n) is 4.26. The van der Waals surface area contributed by atoms with Gasteiger partial charge in [-0.25, -0.2) is 0 Å². The number of hydrogen-bond donors (Lipinski definition) is 1. The second kappa shape index (κ2) is 8.80. The molecule has 1 unspecified atom stereocenters. The standard InChI is InChI=1S/C22H25BF3N3O/c1-17-15-28(23(2)30)12-13-29(17)21(16-27,14-18-6-4-3-5-7-18)19-8-10-20(11-9-19)22(24,25)26/h3-11,17,30H,12-15H2,1-2H3/t17-,21?/m0/s1. The lowest BCUT2D eigenvalue weighted by Crippen LogP contribution is -2.62. The molecule has 2 atom stereocenters. The summed E-state index contributed by atoms with van der Waals surface area (Å²) in [7, 11) is -0.591. The number of alkyl halides is 3. The fourth-order valence-corrected chi connectivity index (χ4v) is 4.26. The van der Waals surface area contributed by atoms with E-state index in [-0.39, 0.29) is 6.04 Å². The highest BCUT2D eigenvalue weighted by Crippen LogP contribution is 2.37. The van der Waals surface area contributed by atoms with Crippen LogP contribution in [0, 0.1) is 11.3 Å². The molecule has 0 bridgehead atoms. The Labute approximate surface area is 175 Å². The van der Waals surface area contributed by atoms with E-state index in [1.165, 1.54) is 12.1 Å². The molecule has 8 heteroatoms. The quantitative estimate of drug-likeness (QED) is 0.756. The van der Waals surface area contributed by atoms with E-state index < -0.39 is 24.3 Å². The van der Waals surface area contributed by atoms with Crippen LogP contribution in [0.2, 0.25) is 6.82 Å². The molecule has 1 saturated heterocycles. The number of nitrogens with zero attached hydrogens (tertiary/aromatic N) is 3. The zero-order chi connectivity index (χ0) is 21.9. The number of benzene rings is 2. The molecule has 0 radical (unpaired) electrons. The van der Waals surface area contributed by atoms with Gasteiger partial charge in [0.1, 0.15) is 5.54 Å². The van der Waals surface area contributed by atoms with Crippen molar-refractivity contribution in [2.75, 3.05) is 19.6 Å². The Bertz CT molecular complexity index is 883. The number of hydrogen-bond acceptors (Lipinski definition) is 4. The molecule has 0 amide bonds. The van der Waals surface area contributed by atoms with E-state index in [9.17, 15) is 23.5 Å². The molecule has 3 rings (SSSR count). The summed E-state index contributed by atoms with van der Waals surface area (Å²) in [5.41, 5.74) is -0.372. The van der Waals surface area contributed by atoms with E-state index in [0.29, 0.717) is 31.6 Å². The number of piperazine rings is 1. The highest BCUT2D eigenvalue weighted by Gasteiger charge is 2.44. The van der Waals surface area contributed by atoms with Crippen molar-refractivity contribution in [3.8, 4) is 6.07 Å². The minimum absolute atomic E-state index is 0.0704. The molecular formula is C22H25BF3N3O. The van der Waals surface area contributed by atoms with Crippen molar-refractivity contribution in [1.82, 2.24) is 9.71 Å². The molecule has 1 fully saturated rings. The normalized spacial score (nSPS) is 20.4. The predicted octanol–water partition coefficient (Wildman–Crippen LogP) is 3.78. The summed E-state index contributed by atoms with van der Waals surface area (Å²) >= 11 is 0. The van der Waals surface area contributed by atoms with Gasteiger partial charge in [-0.3, -0.25) is 4.90 Å². The van der Waals surface area contributed by atoms with Gasteiger partial charge in [0, 0.05) is 32.1 Å². The van der Waals surface area contributed by atoms with Crippen LogP contribution in [-0.2, 0) is 18.1 Å². The third-order valence-electron chi connectivity index (χ3n) is 5.86. The summed E-state index contributed by atoms with van der Waals surface area (Å²) in [6.07, 6.45) is -4.07. The SMILES string of the molecule is CB(O)N1CCN(C(C#N)(Cc2ccccc2)c2ccc(C(F)(F)F)cc2)[C@@H](C)C1. The second-order valence-corrected chi connectivity index (χ2v) is 7.88. The number of rotatable bonds is 5. The van der Waals surface area contributed by atoms with Crippen LogP contribution in [-0.4, -0.2) is 47.5 Å². The van der Waals surface area contributed by atoms with Gasteiger partial charge in [-0.05, 0) is 37.0 Å². The molecule has 4 nitrogen and oxygen atoms in total. The van der Waals surface area contributed by atoms with Gasteiger partial charge in [-0.1, -0.05) is 42.5 Å². The Kier molecular flexibility index (Phi) is 6.56. The molecule has 1 heterocycles. The monoisotopic (exact) mass is 415 g/mol. The first-order valence-corrected chi connectivity index (χ1v) is 9.99. The highest BCUT2D eigenvalue weighted by atomic mass is 19.4. The molecular weight excluding hydrogens is 390 g/mol. The van der Waals surface area contributed by atoms with Gasteiger partial charge in [0.05, 0.1) is 11.6 Å². The summed E-state index contributed by atoms with van der Waals surface area (Å²) in [5, 5.41) is 20.3. The van der Waals surface area contributed by atoms with Gasteiger partial charge in [-0.15, -0.1) is 0 Å². The first-order valence-electron chi connectivity index (χ1n) is 9.99.